The van der Waals surface area contributed by atoms with E-state index in [0.29, 0.717) is 31.0 Å². The van der Waals surface area contributed by atoms with E-state index in [0.717, 1.165) is 14.7 Å². The average molecular weight is 596 g/mol. The summed E-state index contributed by atoms with van der Waals surface area (Å²) in [5.74, 6) is -0.808. The van der Waals surface area contributed by atoms with Crippen molar-refractivity contribution in [3.63, 3.8) is 0 Å². The summed E-state index contributed by atoms with van der Waals surface area (Å²) in [7, 11) is 3.83. The first-order valence-corrected chi connectivity index (χ1v) is 12.8. The Morgan fingerprint density at radius 3 is 2.36 bits per heavy atom. The predicted octanol–water partition coefficient (Wildman–Crippen LogP) is 5.16. The molecule has 7 heteroatoms. The summed E-state index contributed by atoms with van der Waals surface area (Å²) in [6, 6.07) is 22.0. The fourth-order valence-electron chi connectivity index (χ4n) is 4.24. The molecule has 1 heterocycles. The Balaban J connectivity index is 1.64. The molecule has 1 unspecified atom stereocenters. The Kier molecular flexibility index (Phi) is 8.11. The second kappa shape index (κ2) is 11.3. The van der Waals surface area contributed by atoms with Crippen LogP contribution in [0, 0.1) is 10.5 Å². The lowest BCUT2D eigenvalue weighted by Crippen LogP contribution is -2.35. The molecule has 4 rings (SSSR count). The topological polar surface area (TPSA) is 70.1 Å². The Morgan fingerprint density at radius 1 is 1.03 bits per heavy atom. The quantitative estimate of drug-likeness (QED) is 0.169. The van der Waals surface area contributed by atoms with E-state index in [-0.39, 0.29) is 11.3 Å². The van der Waals surface area contributed by atoms with E-state index in [2.05, 4.69) is 28.7 Å². The molecule has 3 aromatic rings. The third-order valence-corrected chi connectivity index (χ3v) is 6.85. The fourth-order valence-corrected chi connectivity index (χ4v) is 4.60. The van der Waals surface area contributed by atoms with Gasteiger partial charge < -0.3 is 19.6 Å². The number of carbonyl (C=O) groups is 2. The average Bonchev–Trinajstić information content (AvgIpc) is 3.11. The highest BCUT2D eigenvalue weighted by molar-refractivity contribution is 14.1. The zero-order valence-electron chi connectivity index (χ0n) is 20.6. The van der Waals surface area contributed by atoms with Crippen molar-refractivity contribution in [2.75, 3.05) is 27.2 Å². The first-order valence-electron chi connectivity index (χ1n) is 11.7. The van der Waals surface area contributed by atoms with Crippen LogP contribution in [0.5, 0.6) is 5.75 Å². The van der Waals surface area contributed by atoms with Crippen LogP contribution in [0.3, 0.4) is 0 Å². The number of aliphatic hydroxyl groups excluding tert-OH is 1. The first-order chi connectivity index (χ1) is 17.2. The molecule has 0 aliphatic carbocycles. The third kappa shape index (κ3) is 5.79. The minimum absolute atomic E-state index is 0.105. The third-order valence-electron chi connectivity index (χ3n) is 6.13. The molecular formula is C29H29IN2O4. The number of carbonyl (C=O) groups excluding carboxylic acids is 2. The number of aryl methyl sites for hydroxylation is 1. The van der Waals surface area contributed by atoms with Crippen LogP contribution in [0.1, 0.15) is 28.3 Å². The number of halogens is 1. The molecule has 0 bridgehead atoms. The molecule has 1 saturated heterocycles. The highest BCUT2D eigenvalue weighted by Crippen LogP contribution is 2.39. The predicted molar refractivity (Wildman–Crippen MR) is 149 cm³/mol. The number of amides is 1. The number of aliphatic hydroxyl groups is 1. The molecule has 1 atom stereocenters. The van der Waals surface area contributed by atoms with Gasteiger partial charge in [0.05, 0.1) is 11.6 Å². The molecule has 0 aromatic heterocycles. The number of nitrogens with zero attached hydrogens (tertiary/aromatic N) is 2. The van der Waals surface area contributed by atoms with Gasteiger partial charge in [0, 0.05) is 22.2 Å². The van der Waals surface area contributed by atoms with Gasteiger partial charge in [0.15, 0.2) is 0 Å². The minimum atomic E-state index is -0.672. The molecule has 0 spiro atoms. The van der Waals surface area contributed by atoms with Gasteiger partial charge in [0.2, 0.25) is 0 Å². The molecule has 1 N–H and O–H groups in total. The van der Waals surface area contributed by atoms with E-state index >= 15 is 0 Å². The summed E-state index contributed by atoms with van der Waals surface area (Å²) in [4.78, 5) is 29.6. The SMILES string of the molecule is Cc1cccc(COc2ccc(C(O)=C3C(=O)C(=O)N(CCN(C)C)C3c3ccc(I)cc3)cc2)c1. The lowest BCUT2D eigenvalue weighted by Gasteiger charge is -2.26. The van der Waals surface area contributed by atoms with E-state index < -0.39 is 17.7 Å². The van der Waals surface area contributed by atoms with Gasteiger partial charge in [-0.05, 0) is 91.1 Å². The highest BCUT2D eigenvalue weighted by atomic mass is 127. The van der Waals surface area contributed by atoms with Gasteiger partial charge in [0.1, 0.15) is 18.1 Å². The Morgan fingerprint density at radius 2 is 1.72 bits per heavy atom. The highest BCUT2D eigenvalue weighted by Gasteiger charge is 2.45. The Hall–Kier alpha value is -3.17. The zero-order chi connectivity index (χ0) is 25.8. The summed E-state index contributed by atoms with van der Waals surface area (Å²) >= 11 is 2.21. The molecule has 0 radical (unpaired) electrons. The lowest BCUT2D eigenvalue weighted by atomic mass is 9.95. The number of ether oxygens (including phenoxy) is 1. The smallest absolute Gasteiger partial charge is 0.295 e. The zero-order valence-corrected chi connectivity index (χ0v) is 22.7. The van der Waals surface area contributed by atoms with Crippen molar-refractivity contribution in [1.29, 1.82) is 0 Å². The van der Waals surface area contributed by atoms with Gasteiger partial charge >= 0.3 is 0 Å². The van der Waals surface area contributed by atoms with Gasteiger partial charge in [-0.3, -0.25) is 9.59 Å². The largest absolute Gasteiger partial charge is 0.507 e. The summed E-state index contributed by atoms with van der Waals surface area (Å²) < 4.78 is 6.93. The normalized spacial score (nSPS) is 17.1. The monoisotopic (exact) mass is 596 g/mol. The Bertz CT molecular complexity index is 1280. The van der Waals surface area contributed by atoms with Crippen molar-refractivity contribution in [2.24, 2.45) is 0 Å². The molecule has 1 aliphatic rings. The number of likely N-dealkylation sites (N-methyl/N-ethyl adjacent to an activating group) is 1. The van der Waals surface area contributed by atoms with Crippen LogP contribution in [-0.2, 0) is 16.2 Å². The van der Waals surface area contributed by atoms with Crippen LogP contribution in [0.25, 0.3) is 5.76 Å². The molecule has 3 aromatic carbocycles. The molecule has 1 amide bonds. The summed E-state index contributed by atoms with van der Waals surface area (Å²) in [6.07, 6.45) is 0. The lowest BCUT2D eigenvalue weighted by molar-refractivity contribution is -0.140. The molecule has 36 heavy (non-hydrogen) atoms. The molecule has 1 aliphatic heterocycles. The van der Waals surface area contributed by atoms with Crippen molar-refractivity contribution < 1.29 is 19.4 Å². The number of likely N-dealkylation sites (tertiary alicyclic amines) is 1. The van der Waals surface area contributed by atoms with Crippen LogP contribution in [0.2, 0.25) is 0 Å². The van der Waals surface area contributed by atoms with Gasteiger partial charge in [0.25, 0.3) is 11.7 Å². The van der Waals surface area contributed by atoms with Crippen LogP contribution in [0.4, 0.5) is 0 Å². The summed E-state index contributed by atoms with van der Waals surface area (Å²) in [6.45, 7) is 3.43. The van der Waals surface area contributed by atoms with Crippen molar-refractivity contribution in [3.8, 4) is 5.75 Å². The van der Waals surface area contributed by atoms with Gasteiger partial charge in [-0.25, -0.2) is 0 Å². The molecule has 0 saturated carbocycles. The maximum Gasteiger partial charge on any atom is 0.295 e. The maximum atomic E-state index is 13.1. The van der Waals surface area contributed by atoms with Gasteiger partial charge in [-0.1, -0.05) is 42.0 Å². The summed E-state index contributed by atoms with van der Waals surface area (Å²) in [5.41, 5.74) is 3.58. The first kappa shape index (κ1) is 25.9. The van der Waals surface area contributed by atoms with Crippen molar-refractivity contribution in [3.05, 3.63) is 104 Å². The Labute approximate surface area is 225 Å². The van der Waals surface area contributed by atoms with E-state index in [1.165, 1.54) is 5.56 Å². The van der Waals surface area contributed by atoms with Crippen molar-refractivity contribution in [2.45, 2.75) is 19.6 Å². The van der Waals surface area contributed by atoms with Crippen LogP contribution in [0.15, 0.2) is 78.4 Å². The van der Waals surface area contributed by atoms with Gasteiger partial charge in [-0.15, -0.1) is 0 Å². The second-order valence-corrected chi connectivity index (χ2v) is 10.4. The minimum Gasteiger partial charge on any atom is -0.507 e. The molecule has 1 fully saturated rings. The number of benzene rings is 3. The van der Waals surface area contributed by atoms with Gasteiger partial charge in [-0.2, -0.15) is 0 Å². The van der Waals surface area contributed by atoms with Crippen LogP contribution in [-0.4, -0.2) is 53.8 Å². The number of hydrogen-bond donors (Lipinski definition) is 1. The van der Waals surface area contributed by atoms with Crippen LogP contribution >= 0.6 is 22.6 Å². The number of Topliss-reactive ketones (excluding diaryl/α,β-unsaturated/α-hetero) is 1. The van der Waals surface area contributed by atoms with Crippen molar-refractivity contribution >= 4 is 40.0 Å². The van der Waals surface area contributed by atoms with E-state index in [1.807, 2.05) is 68.4 Å². The molecular weight excluding hydrogens is 567 g/mol. The maximum absolute atomic E-state index is 13.1. The van der Waals surface area contributed by atoms with E-state index in [4.69, 9.17) is 4.74 Å². The standard InChI is InChI=1S/C29H29IN2O4/c1-19-5-4-6-20(17-19)18-36-24-13-9-22(10-14-24)27(33)25-26(21-7-11-23(30)12-8-21)32(16-15-31(2)3)29(35)28(25)34/h4-14,17,26,33H,15-16,18H2,1-3H3. The van der Waals surface area contributed by atoms with E-state index in [1.54, 1.807) is 29.2 Å². The fraction of sp³-hybridized carbons (Fsp3) is 0.241. The van der Waals surface area contributed by atoms with E-state index in [9.17, 15) is 14.7 Å². The second-order valence-electron chi connectivity index (χ2n) is 9.15. The molecule has 186 valence electrons. The molecule has 6 nitrogen and oxygen atoms in total. The number of hydrogen-bond acceptors (Lipinski definition) is 5. The van der Waals surface area contributed by atoms with Crippen molar-refractivity contribution in [1.82, 2.24) is 9.80 Å². The summed E-state index contributed by atoms with van der Waals surface area (Å²) in [5, 5.41) is 11.2. The number of rotatable bonds is 8. The van der Waals surface area contributed by atoms with Crippen LogP contribution < -0.4 is 4.74 Å². The number of ketones is 1.